The summed E-state index contributed by atoms with van der Waals surface area (Å²) in [6.45, 7) is 0.298. The van der Waals surface area contributed by atoms with E-state index in [1.807, 2.05) is 24.3 Å². The predicted octanol–water partition coefficient (Wildman–Crippen LogP) is 3.77. The Morgan fingerprint density at radius 1 is 1.21 bits per heavy atom. The molecule has 0 radical (unpaired) electrons. The van der Waals surface area contributed by atoms with Crippen LogP contribution in [0, 0.1) is 11.3 Å². The summed E-state index contributed by atoms with van der Waals surface area (Å²) in [6.07, 6.45) is 6.20. The van der Waals surface area contributed by atoms with Crippen LogP contribution < -0.4 is 4.74 Å². The van der Waals surface area contributed by atoms with Crippen LogP contribution in [-0.4, -0.2) is 66.7 Å². The van der Waals surface area contributed by atoms with Gasteiger partial charge in [0.2, 0.25) is 5.82 Å². The molecule has 1 N–H and O–H groups in total. The van der Waals surface area contributed by atoms with Crippen molar-refractivity contribution in [2.24, 2.45) is 0 Å². The van der Waals surface area contributed by atoms with Crippen molar-refractivity contribution >= 4 is 46.4 Å². The number of carboxylic acids is 1. The standard InChI is InChI=1S/C24H21N5O4.Na.H/c25-13-17-12-16(6-8-21(17)32-19-3-1-2-4-19)24-27-23(28-33-24)15-5-7-20-18(11-15)14-26-29(20)10-9-22(30)31;;/h5-8,11-12,14,19H,1-4,9-10H2,(H,30,31);;. The van der Waals surface area contributed by atoms with Gasteiger partial charge in [-0.2, -0.15) is 15.3 Å². The second-order valence-electron chi connectivity index (χ2n) is 8.06. The fraction of sp³-hybridized carbons (Fsp3) is 0.292. The molecule has 1 fully saturated rings. The molecule has 2 heterocycles. The normalized spacial score (nSPS) is 13.5. The van der Waals surface area contributed by atoms with Crippen molar-refractivity contribution in [3.05, 3.63) is 48.2 Å². The van der Waals surface area contributed by atoms with Crippen molar-refractivity contribution in [1.82, 2.24) is 19.9 Å². The summed E-state index contributed by atoms with van der Waals surface area (Å²) in [5, 5.41) is 27.7. The number of hydrogen-bond donors (Lipinski definition) is 1. The number of nitriles is 1. The molecule has 4 aromatic rings. The molecule has 10 heteroatoms. The van der Waals surface area contributed by atoms with Crippen molar-refractivity contribution in [1.29, 1.82) is 5.26 Å². The van der Waals surface area contributed by atoms with Gasteiger partial charge in [0.1, 0.15) is 11.8 Å². The van der Waals surface area contributed by atoms with Crippen LogP contribution in [0.3, 0.4) is 0 Å². The van der Waals surface area contributed by atoms with E-state index in [0.29, 0.717) is 35.1 Å². The summed E-state index contributed by atoms with van der Waals surface area (Å²) >= 11 is 0. The Morgan fingerprint density at radius 2 is 2.00 bits per heavy atom. The molecule has 0 saturated heterocycles. The van der Waals surface area contributed by atoms with Crippen molar-refractivity contribution < 1.29 is 19.2 Å². The van der Waals surface area contributed by atoms with Crippen LogP contribution >= 0.6 is 0 Å². The topological polar surface area (TPSA) is 127 Å². The number of carboxylic acid groups (broad SMARTS) is 1. The quantitative estimate of drug-likeness (QED) is 0.407. The van der Waals surface area contributed by atoms with E-state index < -0.39 is 5.97 Å². The molecule has 0 amide bonds. The van der Waals surface area contributed by atoms with Gasteiger partial charge in [-0.3, -0.25) is 9.48 Å². The zero-order chi connectivity index (χ0) is 22.8. The maximum atomic E-state index is 10.8. The monoisotopic (exact) mass is 467 g/mol. The first-order chi connectivity index (χ1) is 16.1. The molecule has 0 unspecified atom stereocenters. The Morgan fingerprint density at radius 3 is 2.76 bits per heavy atom. The number of aliphatic carboxylic acids is 1. The number of aromatic nitrogens is 4. The molecule has 2 aromatic heterocycles. The van der Waals surface area contributed by atoms with Gasteiger partial charge in [0.05, 0.1) is 36.3 Å². The van der Waals surface area contributed by atoms with Gasteiger partial charge in [-0.05, 0) is 62.1 Å². The van der Waals surface area contributed by atoms with Crippen molar-refractivity contribution in [2.75, 3.05) is 0 Å². The molecule has 5 rings (SSSR count). The number of ether oxygens (including phenoxy) is 1. The maximum absolute atomic E-state index is 10.8. The first-order valence-electron chi connectivity index (χ1n) is 10.8. The number of nitrogens with zero attached hydrogens (tertiary/aromatic N) is 5. The molecule has 2 aromatic carbocycles. The van der Waals surface area contributed by atoms with Gasteiger partial charge in [-0.1, -0.05) is 5.16 Å². The number of fused-ring (bicyclic) bond motifs is 1. The van der Waals surface area contributed by atoms with Crippen molar-refractivity contribution in [3.63, 3.8) is 0 Å². The third-order valence-corrected chi connectivity index (χ3v) is 5.81. The second-order valence-corrected chi connectivity index (χ2v) is 8.06. The van der Waals surface area contributed by atoms with E-state index >= 15 is 0 Å². The third kappa shape index (κ3) is 4.99. The predicted molar refractivity (Wildman–Crippen MR) is 125 cm³/mol. The van der Waals surface area contributed by atoms with Crippen molar-refractivity contribution in [2.45, 2.75) is 44.8 Å². The minimum atomic E-state index is -0.868. The van der Waals surface area contributed by atoms with Crippen molar-refractivity contribution in [3.8, 4) is 34.7 Å². The molecule has 1 saturated carbocycles. The minimum absolute atomic E-state index is 0. The number of aryl methyl sites for hydroxylation is 1. The van der Waals surface area contributed by atoms with E-state index in [2.05, 4.69) is 21.3 Å². The van der Waals surface area contributed by atoms with Crippen LogP contribution in [0.25, 0.3) is 33.7 Å². The molecule has 0 spiro atoms. The Bertz CT molecular complexity index is 1370. The fourth-order valence-corrected chi connectivity index (χ4v) is 4.10. The zero-order valence-electron chi connectivity index (χ0n) is 17.8. The summed E-state index contributed by atoms with van der Waals surface area (Å²) in [5.41, 5.74) is 2.66. The van der Waals surface area contributed by atoms with Crippen LogP contribution in [-0.2, 0) is 11.3 Å². The molecule has 1 aliphatic carbocycles. The van der Waals surface area contributed by atoms with E-state index in [9.17, 15) is 10.1 Å². The first kappa shape index (κ1) is 24.0. The van der Waals surface area contributed by atoms with E-state index in [1.54, 1.807) is 23.0 Å². The summed E-state index contributed by atoms with van der Waals surface area (Å²) in [5.74, 6) is 0.437. The molecule has 168 valence electrons. The Labute approximate surface area is 217 Å². The fourth-order valence-electron chi connectivity index (χ4n) is 4.10. The van der Waals surface area contributed by atoms with E-state index in [4.69, 9.17) is 14.4 Å². The molecule has 1 aliphatic rings. The van der Waals surface area contributed by atoms with Crippen LogP contribution in [0.4, 0.5) is 0 Å². The molecule has 34 heavy (non-hydrogen) atoms. The van der Waals surface area contributed by atoms with Gasteiger partial charge in [0.25, 0.3) is 5.89 Å². The molecular weight excluding hydrogens is 445 g/mol. The molecule has 9 nitrogen and oxygen atoms in total. The Kier molecular flexibility index (Phi) is 7.32. The van der Waals surface area contributed by atoms with Crippen LogP contribution in [0.15, 0.2) is 47.1 Å². The summed E-state index contributed by atoms with van der Waals surface area (Å²) in [7, 11) is 0. The summed E-state index contributed by atoms with van der Waals surface area (Å²) < 4.78 is 13.1. The third-order valence-electron chi connectivity index (χ3n) is 5.81. The van der Waals surface area contributed by atoms with E-state index in [1.165, 1.54) is 0 Å². The second kappa shape index (κ2) is 10.4. The van der Waals surface area contributed by atoms with Gasteiger partial charge in [0.15, 0.2) is 0 Å². The summed E-state index contributed by atoms with van der Waals surface area (Å²) in [6, 6.07) is 13.1. The van der Waals surface area contributed by atoms with Gasteiger partial charge in [0, 0.05) is 16.5 Å². The van der Waals surface area contributed by atoms with Gasteiger partial charge in [-0.15, -0.1) is 0 Å². The average molecular weight is 467 g/mol. The summed E-state index contributed by atoms with van der Waals surface area (Å²) in [4.78, 5) is 15.3. The Balaban J connectivity index is 0.00000274. The molecule has 0 bridgehead atoms. The molecule has 0 atom stereocenters. The van der Waals surface area contributed by atoms with Gasteiger partial charge in [-0.25, -0.2) is 0 Å². The average Bonchev–Trinajstić information content (AvgIpc) is 3.58. The Hall–Kier alpha value is -3.19. The first-order valence-corrected chi connectivity index (χ1v) is 10.8. The van der Waals surface area contributed by atoms with Gasteiger partial charge < -0.3 is 14.4 Å². The van der Waals surface area contributed by atoms with E-state index in [-0.39, 0.29) is 42.1 Å². The van der Waals surface area contributed by atoms with Crippen LogP contribution in [0.1, 0.15) is 37.7 Å². The van der Waals surface area contributed by atoms with Crippen LogP contribution in [0.5, 0.6) is 5.75 Å². The molecule has 0 aliphatic heterocycles. The zero-order valence-corrected chi connectivity index (χ0v) is 17.8. The number of carbonyl (C=O) groups is 1. The van der Waals surface area contributed by atoms with Gasteiger partial charge >= 0.3 is 35.5 Å². The number of rotatable bonds is 7. The van der Waals surface area contributed by atoms with Crippen LogP contribution in [0.2, 0.25) is 0 Å². The number of benzene rings is 2. The number of hydrogen-bond acceptors (Lipinski definition) is 7. The molecular formula is C24H22N5NaO4. The van der Waals surface area contributed by atoms with E-state index in [0.717, 1.165) is 42.1 Å². The SMILES string of the molecule is N#Cc1cc(-c2nc(-c3ccc4c(cnn4CCC(=O)O)c3)no2)ccc1OC1CCCC1.[NaH].